The summed E-state index contributed by atoms with van der Waals surface area (Å²) in [4.78, 5) is 41.1. The summed E-state index contributed by atoms with van der Waals surface area (Å²) in [7, 11) is 3.54. The lowest BCUT2D eigenvalue weighted by atomic mass is 10.2. The second-order valence-electron chi connectivity index (χ2n) is 9.03. The molecular weight excluding hydrogens is 432 g/mol. The van der Waals surface area contributed by atoms with Crippen LogP contribution >= 0.6 is 0 Å². The lowest BCUT2D eigenvalue weighted by molar-refractivity contribution is 0.0729. The van der Waals surface area contributed by atoms with E-state index in [0.29, 0.717) is 23.0 Å². The van der Waals surface area contributed by atoms with Crippen LogP contribution in [-0.4, -0.2) is 54.5 Å². The number of carbonyl (C=O) groups is 2. The van der Waals surface area contributed by atoms with E-state index in [0.717, 1.165) is 44.2 Å². The molecule has 2 aliphatic carbocycles. The Morgan fingerprint density at radius 2 is 1.76 bits per heavy atom. The molecule has 2 aliphatic rings. The zero-order valence-electron chi connectivity index (χ0n) is 19.4. The Morgan fingerprint density at radius 3 is 2.47 bits per heavy atom. The van der Waals surface area contributed by atoms with Crippen LogP contribution in [0.2, 0.25) is 0 Å². The van der Waals surface area contributed by atoms with E-state index < -0.39 is 5.91 Å². The SMILES string of the molecule is CN(C(=O)c1nn(C)cc1NC(=O)c1nc(C2CC2)ccc1Nc1cncnc1)C1CCCC1. The molecule has 176 valence electrons. The van der Waals surface area contributed by atoms with Gasteiger partial charge in [-0.25, -0.2) is 15.0 Å². The van der Waals surface area contributed by atoms with Crippen molar-refractivity contribution in [3.05, 3.63) is 54.1 Å². The average Bonchev–Trinajstić information content (AvgIpc) is 3.42. The fourth-order valence-corrected chi connectivity index (χ4v) is 4.42. The zero-order chi connectivity index (χ0) is 23.7. The van der Waals surface area contributed by atoms with E-state index in [1.807, 2.05) is 19.2 Å². The smallest absolute Gasteiger partial charge is 0.276 e. The lowest BCUT2D eigenvalue weighted by Gasteiger charge is -2.23. The van der Waals surface area contributed by atoms with Gasteiger partial charge in [0.15, 0.2) is 11.4 Å². The molecular formula is C24H28N8O2. The van der Waals surface area contributed by atoms with Gasteiger partial charge in [-0.2, -0.15) is 5.10 Å². The molecule has 2 saturated carbocycles. The van der Waals surface area contributed by atoms with Gasteiger partial charge in [0.1, 0.15) is 6.33 Å². The number of amides is 2. The topological polar surface area (TPSA) is 118 Å². The van der Waals surface area contributed by atoms with E-state index in [1.54, 1.807) is 35.2 Å². The summed E-state index contributed by atoms with van der Waals surface area (Å²) >= 11 is 0. The number of aromatic nitrogens is 5. The maximum atomic E-state index is 13.4. The first kappa shape index (κ1) is 22.0. The largest absolute Gasteiger partial charge is 0.351 e. The van der Waals surface area contributed by atoms with Crippen LogP contribution in [0.25, 0.3) is 0 Å². The summed E-state index contributed by atoms with van der Waals surface area (Å²) in [5, 5.41) is 10.4. The first-order valence-corrected chi connectivity index (χ1v) is 11.6. The van der Waals surface area contributed by atoms with Crippen molar-refractivity contribution in [1.29, 1.82) is 0 Å². The summed E-state index contributed by atoms with van der Waals surface area (Å²) in [5.74, 6) is -0.217. The maximum Gasteiger partial charge on any atom is 0.276 e. The highest BCUT2D eigenvalue weighted by molar-refractivity contribution is 6.10. The Hall–Kier alpha value is -3.82. The van der Waals surface area contributed by atoms with E-state index >= 15 is 0 Å². The Labute approximate surface area is 197 Å². The van der Waals surface area contributed by atoms with Crippen molar-refractivity contribution in [1.82, 2.24) is 29.6 Å². The maximum absolute atomic E-state index is 13.4. The fourth-order valence-electron chi connectivity index (χ4n) is 4.42. The van der Waals surface area contributed by atoms with E-state index in [4.69, 9.17) is 0 Å². The molecule has 2 N–H and O–H groups in total. The van der Waals surface area contributed by atoms with Crippen LogP contribution in [-0.2, 0) is 7.05 Å². The van der Waals surface area contributed by atoms with Crippen molar-refractivity contribution in [2.24, 2.45) is 7.05 Å². The van der Waals surface area contributed by atoms with Gasteiger partial charge in [-0.3, -0.25) is 14.3 Å². The van der Waals surface area contributed by atoms with Crippen molar-refractivity contribution in [3.63, 3.8) is 0 Å². The molecule has 3 aromatic rings. The zero-order valence-corrected chi connectivity index (χ0v) is 19.4. The second-order valence-corrected chi connectivity index (χ2v) is 9.03. The van der Waals surface area contributed by atoms with Gasteiger partial charge in [0.25, 0.3) is 11.8 Å². The van der Waals surface area contributed by atoms with Crippen molar-refractivity contribution in [3.8, 4) is 0 Å². The Kier molecular flexibility index (Phi) is 5.95. The van der Waals surface area contributed by atoms with E-state index in [9.17, 15) is 9.59 Å². The Balaban J connectivity index is 1.42. The number of hydrogen-bond acceptors (Lipinski definition) is 7. The van der Waals surface area contributed by atoms with Gasteiger partial charge in [0, 0.05) is 37.9 Å². The van der Waals surface area contributed by atoms with Crippen molar-refractivity contribution in [2.75, 3.05) is 17.7 Å². The van der Waals surface area contributed by atoms with E-state index in [-0.39, 0.29) is 23.3 Å². The van der Waals surface area contributed by atoms with Crippen LogP contribution in [0.4, 0.5) is 17.1 Å². The minimum atomic E-state index is -0.410. The third-order valence-corrected chi connectivity index (χ3v) is 6.44. The van der Waals surface area contributed by atoms with Gasteiger partial charge < -0.3 is 15.5 Å². The molecule has 10 heteroatoms. The van der Waals surface area contributed by atoms with Crippen LogP contribution in [0.3, 0.4) is 0 Å². The van der Waals surface area contributed by atoms with E-state index in [2.05, 4.69) is 30.7 Å². The third-order valence-electron chi connectivity index (χ3n) is 6.44. The summed E-state index contributed by atoms with van der Waals surface area (Å²) < 4.78 is 1.54. The van der Waals surface area contributed by atoms with Gasteiger partial charge in [0.05, 0.1) is 29.5 Å². The lowest BCUT2D eigenvalue weighted by Crippen LogP contribution is -2.36. The predicted molar refractivity (Wildman–Crippen MR) is 127 cm³/mol. The number of nitrogens with zero attached hydrogens (tertiary/aromatic N) is 6. The molecule has 5 rings (SSSR count). The summed E-state index contributed by atoms with van der Waals surface area (Å²) in [5.41, 5.74) is 2.93. The molecule has 2 fully saturated rings. The highest BCUT2D eigenvalue weighted by Crippen LogP contribution is 2.39. The van der Waals surface area contributed by atoms with Crippen LogP contribution < -0.4 is 10.6 Å². The number of pyridine rings is 1. The highest BCUT2D eigenvalue weighted by atomic mass is 16.2. The molecule has 2 amide bonds. The number of aryl methyl sites for hydroxylation is 1. The van der Waals surface area contributed by atoms with Gasteiger partial charge in [-0.15, -0.1) is 0 Å². The van der Waals surface area contributed by atoms with Gasteiger partial charge >= 0.3 is 0 Å². The highest BCUT2D eigenvalue weighted by Gasteiger charge is 2.30. The van der Waals surface area contributed by atoms with Crippen LogP contribution in [0.5, 0.6) is 0 Å². The van der Waals surface area contributed by atoms with Crippen LogP contribution in [0.15, 0.2) is 37.1 Å². The van der Waals surface area contributed by atoms with E-state index in [1.165, 1.54) is 6.33 Å². The molecule has 0 radical (unpaired) electrons. The quantitative estimate of drug-likeness (QED) is 0.554. The number of rotatable bonds is 7. The molecule has 0 aliphatic heterocycles. The Morgan fingerprint density at radius 1 is 1.03 bits per heavy atom. The number of carbonyl (C=O) groups excluding carboxylic acids is 2. The summed E-state index contributed by atoms with van der Waals surface area (Å²) in [6.07, 6.45) is 12.7. The summed E-state index contributed by atoms with van der Waals surface area (Å²) in [6.45, 7) is 0. The molecule has 0 bridgehead atoms. The normalized spacial score (nSPS) is 15.8. The minimum absolute atomic E-state index is 0.192. The van der Waals surface area contributed by atoms with Crippen molar-refractivity contribution in [2.45, 2.75) is 50.5 Å². The van der Waals surface area contributed by atoms with Gasteiger partial charge in [0.2, 0.25) is 0 Å². The first-order valence-electron chi connectivity index (χ1n) is 11.6. The second kappa shape index (κ2) is 9.20. The third kappa shape index (κ3) is 4.61. The molecule has 0 spiro atoms. The molecule has 10 nitrogen and oxygen atoms in total. The number of anilines is 3. The Bertz CT molecular complexity index is 1200. The molecule has 0 atom stereocenters. The van der Waals surface area contributed by atoms with Gasteiger partial charge in [-0.1, -0.05) is 12.8 Å². The van der Waals surface area contributed by atoms with Crippen LogP contribution in [0, 0.1) is 0 Å². The molecule has 3 heterocycles. The fraction of sp³-hybridized carbons (Fsp3) is 0.417. The van der Waals surface area contributed by atoms with Gasteiger partial charge in [-0.05, 0) is 37.8 Å². The minimum Gasteiger partial charge on any atom is -0.351 e. The van der Waals surface area contributed by atoms with Crippen molar-refractivity contribution >= 4 is 28.9 Å². The van der Waals surface area contributed by atoms with Crippen molar-refractivity contribution < 1.29 is 9.59 Å². The number of nitrogens with one attached hydrogen (secondary N) is 2. The standard InChI is InChI=1S/C24H28N8O2/c1-31-13-20(22(30-31)24(34)32(2)17-5-3-4-6-17)29-23(33)21-19(27-16-11-25-14-26-12-16)10-9-18(28-21)15-7-8-15/h9-15,17,27H,3-8H2,1-2H3,(H,29,33). The van der Waals surface area contributed by atoms with Crippen LogP contribution in [0.1, 0.15) is 71.1 Å². The molecule has 34 heavy (non-hydrogen) atoms. The average molecular weight is 461 g/mol. The molecule has 3 aromatic heterocycles. The predicted octanol–water partition coefficient (Wildman–Crippen LogP) is 3.49. The molecule has 0 saturated heterocycles. The molecule has 0 aromatic carbocycles. The molecule has 0 unspecified atom stereocenters. The first-order chi connectivity index (χ1) is 16.5. The summed E-state index contributed by atoms with van der Waals surface area (Å²) in [6, 6.07) is 4.00. The number of hydrogen-bond donors (Lipinski definition) is 2. The monoisotopic (exact) mass is 460 g/mol.